The van der Waals surface area contributed by atoms with Crippen LogP contribution in [0.3, 0.4) is 0 Å². The molecule has 0 radical (unpaired) electrons. The van der Waals surface area contributed by atoms with E-state index in [4.69, 9.17) is 16.4 Å². The Morgan fingerprint density at radius 1 is 1.32 bits per heavy atom. The Bertz CT molecular complexity index is 1140. The quantitative estimate of drug-likeness (QED) is 0.460. The number of hydrogen-bond acceptors (Lipinski definition) is 3. The van der Waals surface area contributed by atoms with Gasteiger partial charge in [0.05, 0.1) is 4.90 Å². The van der Waals surface area contributed by atoms with E-state index in [0.717, 1.165) is 29.7 Å². The van der Waals surface area contributed by atoms with Crippen molar-refractivity contribution < 1.29 is 4.79 Å². The normalized spacial score (nSPS) is 17.7. The van der Waals surface area contributed by atoms with Gasteiger partial charge in [-0.2, -0.15) is 0 Å². The molecule has 3 N–H and O–H groups in total. The van der Waals surface area contributed by atoms with Gasteiger partial charge in [-0.3, -0.25) is 9.57 Å². The van der Waals surface area contributed by atoms with E-state index in [1.807, 2.05) is 25.4 Å². The Morgan fingerprint density at radius 3 is 2.90 bits per heavy atom. The number of aryl methyl sites for hydroxylation is 2. The van der Waals surface area contributed by atoms with Gasteiger partial charge < -0.3 is 9.88 Å². The van der Waals surface area contributed by atoms with Gasteiger partial charge in [0, 0.05) is 36.7 Å². The molecule has 3 heterocycles. The first kappa shape index (κ1) is 21.5. The Labute approximate surface area is 189 Å². The zero-order valence-electron chi connectivity index (χ0n) is 17.1. The maximum Gasteiger partial charge on any atom is 0.272 e. The third-order valence-corrected chi connectivity index (χ3v) is 6.70. The van der Waals surface area contributed by atoms with Gasteiger partial charge >= 0.3 is 0 Å². The highest BCUT2D eigenvalue weighted by molar-refractivity contribution is 7.84. The first-order chi connectivity index (χ1) is 15.0. The number of halogens is 1. The van der Waals surface area contributed by atoms with Crippen LogP contribution in [0.25, 0.3) is 6.08 Å². The van der Waals surface area contributed by atoms with Crippen molar-refractivity contribution in [3.63, 3.8) is 0 Å². The van der Waals surface area contributed by atoms with Gasteiger partial charge in [0.15, 0.2) is 0 Å². The molecule has 1 aromatic carbocycles. The SMILES string of the molecule is Cn1cc2c(c1C(=O)Nc1ccnc(Cl)c1)C=CC(CCCc1ccccc1)NS2=N. The molecule has 0 bridgehead atoms. The molecule has 0 fully saturated rings. The third kappa shape index (κ3) is 5.12. The van der Waals surface area contributed by atoms with Gasteiger partial charge in [0.2, 0.25) is 0 Å². The molecule has 6 nitrogen and oxygen atoms in total. The highest BCUT2D eigenvalue weighted by Gasteiger charge is 2.24. The number of pyridine rings is 1. The van der Waals surface area contributed by atoms with Gasteiger partial charge in [-0.25, -0.2) is 9.71 Å². The Balaban J connectivity index is 1.49. The van der Waals surface area contributed by atoms with Crippen LogP contribution in [0.2, 0.25) is 5.15 Å². The highest BCUT2D eigenvalue weighted by atomic mass is 35.5. The van der Waals surface area contributed by atoms with E-state index < -0.39 is 10.9 Å². The maximum atomic E-state index is 13.0. The molecular weight excluding hydrogens is 430 g/mol. The average molecular weight is 454 g/mol. The summed E-state index contributed by atoms with van der Waals surface area (Å²) in [5.41, 5.74) is 3.22. The Kier molecular flexibility index (Phi) is 6.65. The van der Waals surface area contributed by atoms with Crippen LogP contribution in [0.5, 0.6) is 0 Å². The predicted octanol–water partition coefficient (Wildman–Crippen LogP) is 4.99. The monoisotopic (exact) mass is 453 g/mol. The highest BCUT2D eigenvalue weighted by Crippen LogP contribution is 2.26. The summed E-state index contributed by atoms with van der Waals surface area (Å²) in [5, 5.41) is 3.20. The van der Waals surface area contributed by atoms with Crippen molar-refractivity contribution in [1.82, 2.24) is 14.3 Å². The lowest BCUT2D eigenvalue weighted by molar-refractivity contribution is 0.101. The van der Waals surface area contributed by atoms with Crippen molar-refractivity contribution >= 4 is 40.1 Å². The van der Waals surface area contributed by atoms with Crippen molar-refractivity contribution in [1.29, 1.82) is 4.78 Å². The van der Waals surface area contributed by atoms with E-state index in [1.54, 1.807) is 22.9 Å². The summed E-state index contributed by atoms with van der Waals surface area (Å²) in [5.74, 6) is -0.241. The van der Waals surface area contributed by atoms with Crippen LogP contribution >= 0.6 is 11.6 Å². The summed E-state index contributed by atoms with van der Waals surface area (Å²) in [4.78, 5) is 17.8. The van der Waals surface area contributed by atoms with Crippen LogP contribution in [-0.4, -0.2) is 21.5 Å². The number of rotatable bonds is 6. The fraction of sp³-hybridized carbons (Fsp3) is 0.217. The van der Waals surface area contributed by atoms with Crippen molar-refractivity contribution in [2.45, 2.75) is 30.2 Å². The van der Waals surface area contributed by atoms with Crippen LogP contribution in [0.4, 0.5) is 5.69 Å². The van der Waals surface area contributed by atoms with E-state index in [1.165, 1.54) is 5.56 Å². The molecule has 0 saturated heterocycles. The lowest BCUT2D eigenvalue weighted by atomic mass is 10.0. The molecule has 0 saturated carbocycles. The van der Waals surface area contributed by atoms with Crippen LogP contribution < -0.4 is 10.0 Å². The Hall–Kier alpha value is -2.74. The molecule has 1 amide bonds. The number of anilines is 1. The lowest BCUT2D eigenvalue weighted by Gasteiger charge is -2.14. The van der Waals surface area contributed by atoms with Gasteiger partial charge in [-0.15, -0.1) is 0 Å². The first-order valence-corrected chi connectivity index (χ1v) is 11.7. The second-order valence-electron chi connectivity index (χ2n) is 7.46. The number of hydrogen-bond donors (Lipinski definition) is 3. The van der Waals surface area contributed by atoms with E-state index in [9.17, 15) is 4.79 Å². The molecule has 160 valence electrons. The van der Waals surface area contributed by atoms with Crippen molar-refractivity contribution in [2.24, 2.45) is 7.05 Å². The van der Waals surface area contributed by atoms with E-state index in [2.05, 4.69) is 45.4 Å². The summed E-state index contributed by atoms with van der Waals surface area (Å²) >= 11 is 5.93. The molecule has 2 atom stereocenters. The summed E-state index contributed by atoms with van der Waals surface area (Å²) in [7, 11) is 0.914. The molecule has 1 aliphatic rings. The van der Waals surface area contributed by atoms with Gasteiger partial charge in [-0.1, -0.05) is 54.1 Å². The minimum atomic E-state index is -0.911. The number of fused-ring (bicyclic) bond motifs is 1. The second kappa shape index (κ2) is 9.60. The molecule has 8 heteroatoms. The number of amides is 1. The maximum absolute atomic E-state index is 13.0. The standard InChI is InChI=1S/C23H24ClN5OS/c1-29-15-20-19(22(29)23(30)27-18-12-13-26-21(24)14-18)11-10-17(28-31(20)25)9-5-8-16-6-3-2-4-7-16/h2-4,6-7,10-15,17H,5,8-9H2,1H3,(H2,25,28)(H,26,27,30). The zero-order valence-corrected chi connectivity index (χ0v) is 18.7. The minimum Gasteiger partial charge on any atom is -0.345 e. The molecular formula is C23H24ClN5OS. The summed E-state index contributed by atoms with van der Waals surface area (Å²) in [6, 6.07) is 13.8. The fourth-order valence-corrected chi connectivity index (χ4v) is 5.13. The van der Waals surface area contributed by atoms with E-state index in [-0.39, 0.29) is 11.9 Å². The first-order valence-electron chi connectivity index (χ1n) is 10.1. The van der Waals surface area contributed by atoms with Crippen LogP contribution in [0, 0.1) is 4.78 Å². The number of nitrogens with zero attached hydrogens (tertiary/aromatic N) is 2. The van der Waals surface area contributed by atoms with Crippen LogP contribution in [0.1, 0.15) is 34.5 Å². The Morgan fingerprint density at radius 2 is 2.13 bits per heavy atom. The fourth-order valence-electron chi connectivity index (χ4n) is 3.69. The smallest absolute Gasteiger partial charge is 0.272 e. The predicted molar refractivity (Wildman–Crippen MR) is 126 cm³/mol. The third-order valence-electron chi connectivity index (χ3n) is 5.19. The molecule has 3 aromatic rings. The largest absolute Gasteiger partial charge is 0.345 e. The van der Waals surface area contributed by atoms with E-state index >= 15 is 0 Å². The summed E-state index contributed by atoms with van der Waals surface area (Å²) in [6.07, 6.45) is 10.4. The molecule has 0 spiro atoms. The molecule has 2 aromatic heterocycles. The van der Waals surface area contributed by atoms with Gasteiger partial charge in [0.1, 0.15) is 10.8 Å². The summed E-state index contributed by atoms with van der Waals surface area (Å²) < 4.78 is 13.8. The lowest BCUT2D eigenvalue weighted by Crippen LogP contribution is -2.27. The van der Waals surface area contributed by atoms with E-state index in [0.29, 0.717) is 16.5 Å². The molecule has 4 rings (SSSR count). The van der Waals surface area contributed by atoms with Gasteiger partial charge in [0.25, 0.3) is 5.91 Å². The average Bonchev–Trinajstić information content (AvgIpc) is 3.01. The van der Waals surface area contributed by atoms with Crippen molar-refractivity contribution in [3.8, 4) is 0 Å². The molecule has 0 aliphatic carbocycles. The zero-order chi connectivity index (χ0) is 21.8. The molecule has 2 unspecified atom stereocenters. The number of benzene rings is 1. The number of carbonyl (C=O) groups is 1. The number of aromatic nitrogens is 2. The van der Waals surface area contributed by atoms with Crippen LogP contribution in [0.15, 0.2) is 65.8 Å². The summed E-state index contributed by atoms with van der Waals surface area (Å²) in [6.45, 7) is 0. The number of nitrogens with one attached hydrogen (secondary N) is 3. The molecule has 31 heavy (non-hydrogen) atoms. The van der Waals surface area contributed by atoms with Crippen LogP contribution in [-0.2, 0) is 24.3 Å². The van der Waals surface area contributed by atoms with Crippen molar-refractivity contribution in [2.75, 3.05) is 5.32 Å². The van der Waals surface area contributed by atoms with Gasteiger partial charge in [-0.05, 0) is 47.8 Å². The second-order valence-corrected chi connectivity index (χ2v) is 9.13. The van der Waals surface area contributed by atoms with Crippen molar-refractivity contribution in [3.05, 3.63) is 82.9 Å². The topological polar surface area (TPSA) is 82.8 Å². The number of carbonyl (C=O) groups excluding carboxylic acids is 1. The minimum absolute atomic E-state index is 0.0946. The molecule has 1 aliphatic heterocycles.